The number of rotatable bonds is 6. The fourth-order valence-electron chi connectivity index (χ4n) is 3.09. The number of carbonyl (C=O) groups excluding carboxylic acids is 3. The summed E-state index contributed by atoms with van der Waals surface area (Å²) in [5.74, 6) is -0.513. The second-order valence-electron chi connectivity index (χ2n) is 6.65. The Kier molecular flexibility index (Phi) is 5.62. The van der Waals surface area contributed by atoms with E-state index in [9.17, 15) is 14.4 Å². The minimum atomic E-state index is -0.430. The second kappa shape index (κ2) is 8.50. The number of benzene rings is 2. The van der Waals surface area contributed by atoms with Crippen LogP contribution in [-0.2, 0) is 16.0 Å². The Balaban J connectivity index is 1.39. The average molecular weight is 422 g/mol. The van der Waals surface area contributed by atoms with E-state index >= 15 is 0 Å². The molecule has 1 fully saturated rings. The van der Waals surface area contributed by atoms with E-state index in [-0.39, 0.29) is 30.7 Å². The average Bonchev–Trinajstić information content (AvgIpc) is 3.34. The highest BCUT2D eigenvalue weighted by Gasteiger charge is 2.30. The zero-order chi connectivity index (χ0) is 21.1. The van der Waals surface area contributed by atoms with Crippen molar-refractivity contribution >= 4 is 41.2 Å². The van der Waals surface area contributed by atoms with Crippen LogP contribution in [0.25, 0.3) is 0 Å². The summed E-state index contributed by atoms with van der Waals surface area (Å²) in [6, 6.07) is 14.2. The number of amides is 3. The van der Waals surface area contributed by atoms with Crippen LogP contribution in [0.2, 0.25) is 0 Å². The van der Waals surface area contributed by atoms with E-state index in [1.807, 2.05) is 30.5 Å². The van der Waals surface area contributed by atoms with E-state index in [0.29, 0.717) is 23.6 Å². The molecule has 0 atom stereocenters. The van der Waals surface area contributed by atoms with Crippen molar-refractivity contribution in [3.8, 4) is 0 Å². The molecule has 0 bridgehead atoms. The molecule has 3 amide bonds. The van der Waals surface area contributed by atoms with Crippen LogP contribution in [-0.4, -0.2) is 34.2 Å². The first kappa shape index (κ1) is 19.8. The van der Waals surface area contributed by atoms with Gasteiger partial charge in [-0.2, -0.15) is 0 Å². The molecule has 2 heterocycles. The van der Waals surface area contributed by atoms with Crippen LogP contribution in [0.1, 0.15) is 34.7 Å². The Bertz CT molecular complexity index is 1080. The van der Waals surface area contributed by atoms with E-state index in [1.165, 1.54) is 17.0 Å². The van der Waals surface area contributed by atoms with Gasteiger partial charge < -0.3 is 4.42 Å². The van der Waals surface area contributed by atoms with Crippen molar-refractivity contribution in [1.82, 2.24) is 10.2 Å². The monoisotopic (exact) mass is 422 g/mol. The lowest BCUT2D eigenvalue weighted by atomic mass is 10.1. The molecule has 2 aromatic carbocycles. The van der Waals surface area contributed by atoms with Gasteiger partial charge in [0.05, 0.1) is 12.1 Å². The Morgan fingerprint density at radius 1 is 1.03 bits per heavy atom. The standard InChI is InChI=1S/C21H18N4O4S/c1-30-16-8-2-13(3-9-16)12-17-23-24-21(29-17)22-20(28)14-4-6-15(7-5-14)25-18(26)10-11-19(25)27/h2-9H,10-12H2,1H3,(H,22,24,28). The largest absolute Gasteiger partial charge is 0.407 e. The minimum absolute atomic E-state index is 0.00436. The molecule has 0 unspecified atom stereocenters. The van der Waals surface area contributed by atoms with Crippen LogP contribution in [0.15, 0.2) is 57.8 Å². The molecule has 152 valence electrons. The van der Waals surface area contributed by atoms with E-state index in [2.05, 4.69) is 15.5 Å². The van der Waals surface area contributed by atoms with E-state index in [1.54, 1.807) is 23.9 Å². The van der Waals surface area contributed by atoms with Gasteiger partial charge in [0.2, 0.25) is 17.7 Å². The zero-order valence-corrected chi connectivity index (χ0v) is 16.9. The maximum Gasteiger partial charge on any atom is 0.322 e. The first-order valence-electron chi connectivity index (χ1n) is 9.26. The lowest BCUT2D eigenvalue weighted by Crippen LogP contribution is -2.28. The Morgan fingerprint density at radius 3 is 2.33 bits per heavy atom. The number of aromatic nitrogens is 2. The van der Waals surface area contributed by atoms with Gasteiger partial charge in [0.15, 0.2) is 0 Å². The smallest absolute Gasteiger partial charge is 0.322 e. The quantitative estimate of drug-likeness (QED) is 0.480. The van der Waals surface area contributed by atoms with Crippen molar-refractivity contribution in [1.29, 1.82) is 0 Å². The summed E-state index contributed by atoms with van der Waals surface area (Å²) in [7, 11) is 0. The van der Waals surface area contributed by atoms with Gasteiger partial charge in [0, 0.05) is 23.3 Å². The van der Waals surface area contributed by atoms with Crippen LogP contribution < -0.4 is 10.2 Å². The second-order valence-corrected chi connectivity index (χ2v) is 7.53. The molecule has 1 aromatic heterocycles. The molecule has 1 N–H and O–H groups in total. The molecule has 9 heteroatoms. The van der Waals surface area contributed by atoms with Gasteiger partial charge in [-0.15, -0.1) is 16.9 Å². The van der Waals surface area contributed by atoms with Crippen LogP contribution >= 0.6 is 11.8 Å². The zero-order valence-electron chi connectivity index (χ0n) is 16.1. The summed E-state index contributed by atoms with van der Waals surface area (Å²) in [6.07, 6.45) is 2.90. The third-order valence-corrected chi connectivity index (χ3v) is 5.38. The maximum absolute atomic E-state index is 12.4. The predicted molar refractivity (Wildman–Crippen MR) is 111 cm³/mol. The van der Waals surface area contributed by atoms with Crippen LogP contribution in [0.3, 0.4) is 0 Å². The van der Waals surface area contributed by atoms with Crippen LogP contribution in [0, 0.1) is 0 Å². The van der Waals surface area contributed by atoms with E-state index < -0.39 is 5.91 Å². The van der Waals surface area contributed by atoms with Gasteiger partial charge in [0.1, 0.15) is 0 Å². The first-order valence-corrected chi connectivity index (χ1v) is 10.5. The number of nitrogens with one attached hydrogen (secondary N) is 1. The highest BCUT2D eigenvalue weighted by Crippen LogP contribution is 2.23. The number of hydrogen-bond acceptors (Lipinski definition) is 7. The molecule has 1 aliphatic rings. The van der Waals surface area contributed by atoms with Gasteiger partial charge >= 0.3 is 6.01 Å². The molecule has 4 rings (SSSR count). The fraction of sp³-hybridized carbons (Fsp3) is 0.190. The highest BCUT2D eigenvalue weighted by atomic mass is 32.2. The lowest BCUT2D eigenvalue weighted by Gasteiger charge is -2.13. The SMILES string of the molecule is CSc1ccc(Cc2nnc(NC(=O)c3ccc(N4C(=O)CCC4=O)cc3)o2)cc1. The Hall–Kier alpha value is -3.46. The molecular formula is C21H18N4O4S. The van der Waals surface area contributed by atoms with Crippen molar-refractivity contribution in [2.24, 2.45) is 0 Å². The number of thioether (sulfide) groups is 1. The normalized spacial score (nSPS) is 13.7. The Labute approximate surface area is 176 Å². The molecule has 0 spiro atoms. The summed E-state index contributed by atoms with van der Waals surface area (Å²) in [5, 5.41) is 10.4. The molecular weight excluding hydrogens is 404 g/mol. The highest BCUT2D eigenvalue weighted by molar-refractivity contribution is 7.98. The summed E-state index contributed by atoms with van der Waals surface area (Å²) in [5.41, 5.74) is 1.81. The predicted octanol–water partition coefficient (Wildman–Crippen LogP) is 3.29. The van der Waals surface area contributed by atoms with Gasteiger partial charge in [-0.05, 0) is 48.2 Å². The van der Waals surface area contributed by atoms with Crippen molar-refractivity contribution in [2.75, 3.05) is 16.5 Å². The third kappa shape index (κ3) is 4.25. The topological polar surface area (TPSA) is 105 Å². The van der Waals surface area contributed by atoms with Crippen LogP contribution in [0.4, 0.5) is 11.7 Å². The summed E-state index contributed by atoms with van der Waals surface area (Å²) in [4.78, 5) is 38.3. The molecule has 8 nitrogen and oxygen atoms in total. The van der Waals surface area contributed by atoms with Gasteiger partial charge in [-0.3, -0.25) is 24.6 Å². The molecule has 3 aromatic rings. The van der Waals surface area contributed by atoms with Crippen molar-refractivity contribution in [3.63, 3.8) is 0 Å². The molecule has 0 saturated carbocycles. The number of imide groups is 1. The molecule has 0 aliphatic carbocycles. The number of nitrogens with zero attached hydrogens (tertiary/aromatic N) is 3. The van der Waals surface area contributed by atoms with Crippen LogP contribution in [0.5, 0.6) is 0 Å². The minimum Gasteiger partial charge on any atom is -0.407 e. The first-order chi connectivity index (χ1) is 14.5. The maximum atomic E-state index is 12.4. The van der Waals surface area contributed by atoms with E-state index in [0.717, 1.165) is 10.5 Å². The molecule has 30 heavy (non-hydrogen) atoms. The summed E-state index contributed by atoms with van der Waals surface area (Å²) < 4.78 is 5.51. The summed E-state index contributed by atoms with van der Waals surface area (Å²) in [6.45, 7) is 0. The van der Waals surface area contributed by atoms with E-state index in [4.69, 9.17) is 4.42 Å². The van der Waals surface area contributed by atoms with Crippen molar-refractivity contribution in [2.45, 2.75) is 24.2 Å². The number of hydrogen-bond donors (Lipinski definition) is 1. The van der Waals surface area contributed by atoms with Gasteiger partial charge in [-0.25, -0.2) is 0 Å². The third-order valence-electron chi connectivity index (χ3n) is 4.64. The summed E-state index contributed by atoms with van der Waals surface area (Å²) >= 11 is 1.67. The molecule has 1 aliphatic heterocycles. The fourth-order valence-corrected chi connectivity index (χ4v) is 3.50. The Morgan fingerprint density at radius 2 is 1.70 bits per heavy atom. The number of anilines is 2. The molecule has 0 radical (unpaired) electrons. The number of carbonyl (C=O) groups is 3. The molecule has 1 saturated heterocycles. The lowest BCUT2D eigenvalue weighted by molar-refractivity contribution is -0.121. The van der Waals surface area contributed by atoms with Gasteiger partial charge in [0.25, 0.3) is 5.91 Å². The van der Waals surface area contributed by atoms with Gasteiger partial charge in [-0.1, -0.05) is 17.2 Å². The van der Waals surface area contributed by atoms with Crippen molar-refractivity contribution in [3.05, 3.63) is 65.5 Å². The van der Waals surface area contributed by atoms with Crippen molar-refractivity contribution < 1.29 is 18.8 Å².